The summed E-state index contributed by atoms with van der Waals surface area (Å²) >= 11 is 0. The Morgan fingerprint density at radius 3 is 1.56 bits per heavy atom. The average Bonchev–Trinajstić information content (AvgIpc) is 3.08. The van der Waals surface area contributed by atoms with Crippen molar-refractivity contribution >= 4 is 27.5 Å². The second-order valence-corrected chi connectivity index (χ2v) is 10.2. The Morgan fingerprint density at radius 1 is 0.419 bits per heavy atom. The van der Waals surface area contributed by atoms with Crippen LogP contribution in [0.2, 0.25) is 0 Å². The maximum atomic E-state index is 13.9. The molecule has 0 bridgehead atoms. The molecule has 43 heavy (non-hydrogen) atoms. The molecule has 5 aromatic carbocycles. The van der Waals surface area contributed by atoms with Crippen molar-refractivity contribution in [1.82, 2.24) is 29.3 Å². The van der Waals surface area contributed by atoms with Crippen molar-refractivity contribution in [2.45, 2.75) is 0 Å². The van der Waals surface area contributed by atoms with Crippen LogP contribution in [0, 0.1) is 0 Å². The van der Waals surface area contributed by atoms with Gasteiger partial charge in [-0.1, -0.05) is 103 Å². The van der Waals surface area contributed by atoms with E-state index in [9.17, 15) is 4.79 Å². The highest BCUT2D eigenvalue weighted by molar-refractivity contribution is 5.95. The van der Waals surface area contributed by atoms with Crippen LogP contribution in [-0.4, -0.2) is 29.3 Å². The number of fused-ring (bicyclic) bond motifs is 4. The highest BCUT2D eigenvalue weighted by Crippen LogP contribution is 2.29. The minimum atomic E-state index is -0.169. The Bertz CT molecular complexity index is 2310. The van der Waals surface area contributed by atoms with Crippen LogP contribution in [0.25, 0.3) is 73.0 Å². The lowest BCUT2D eigenvalue weighted by Crippen LogP contribution is -2.18. The van der Waals surface area contributed by atoms with E-state index in [0.29, 0.717) is 39.8 Å². The fraction of sp³-hybridized carbons (Fsp3) is 0. The topological polar surface area (TPSA) is 85.9 Å². The number of rotatable bonds is 4. The van der Waals surface area contributed by atoms with Crippen molar-refractivity contribution in [1.29, 1.82) is 0 Å². The zero-order valence-corrected chi connectivity index (χ0v) is 22.8. The van der Waals surface area contributed by atoms with E-state index in [-0.39, 0.29) is 5.56 Å². The van der Waals surface area contributed by atoms with Gasteiger partial charge in [0.25, 0.3) is 5.56 Å². The molecule has 3 aromatic heterocycles. The Hall–Kier alpha value is -6.08. The summed E-state index contributed by atoms with van der Waals surface area (Å²) in [6.07, 6.45) is 0. The minimum absolute atomic E-state index is 0.169. The van der Waals surface area contributed by atoms with Crippen molar-refractivity contribution in [3.63, 3.8) is 0 Å². The van der Waals surface area contributed by atoms with Crippen LogP contribution in [0.5, 0.6) is 0 Å². The van der Waals surface area contributed by atoms with E-state index in [1.165, 1.54) is 0 Å². The lowest BCUT2D eigenvalue weighted by atomic mass is 10.1. The first-order valence-corrected chi connectivity index (χ1v) is 13.9. The number of para-hydroxylation sites is 2. The molecule has 0 saturated carbocycles. The van der Waals surface area contributed by atoms with Crippen LogP contribution in [0.4, 0.5) is 0 Å². The molecule has 8 aromatic rings. The molecule has 0 amide bonds. The van der Waals surface area contributed by atoms with Crippen molar-refractivity contribution < 1.29 is 0 Å². The summed E-state index contributed by atoms with van der Waals surface area (Å²) in [5, 5.41) is 1.34. The predicted octanol–water partition coefficient (Wildman–Crippen LogP) is 7.25. The Kier molecular flexibility index (Phi) is 5.79. The van der Waals surface area contributed by atoms with Gasteiger partial charge in [0.15, 0.2) is 23.1 Å². The van der Waals surface area contributed by atoms with E-state index < -0.39 is 0 Å². The standard InChI is InChI=1S/C36H22N6O/c43-36-28-19-8-10-21-30(28)38-35-27-18-7-9-20-29(27)37-34(42(35)36)26-17-11-16-25(22-26)33-40-31(23-12-3-1-4-13-23)39-32(41-33)24-14-5-2-6-15-24/h1-22H. The highest BCUT2D eigenvalue weighted by Gasteiger charge is 2.17. The Balaban J connectivity index is 1.37. The molecular weight excluding hydrogens is 532 g/mol. The average molecular weight is 555 g/mol. The molecule has 8 rings (SSSR count). The van der Waals surface area contributed by atoms with Crippen molar-refractivity contribution in [3.8, 4) is 45.6 Å². The molecule has 7 heteroatoms. The predicted molar refractivity (Wildman–Crippen MR) is 169 cm³/mol. The van der Waals surface area contributed by atoms with Gasteiger partial charge >= 0.3 is 0 Å². The first-order chi connectivity index (χ1) is 21.2. The number of nitrogens with zero attached hydrogens (tertiary/aromatic N) is 6. The summed E-state index contributed by atoms with van der Waals surface area (Å²) in [5.74, 6) is 2.18. The summed E-state index contributed by atoms with van der Waals surface area (Å²) < 4.78 is 1.61. The first-order valence-electron chi connectivity index (χ1n) is 13.9. The molecule has 0 aliphatic carbocycles. The monoisotopic (exact) mass is 554 g/mol. The minimum Gasteiger partial charge on any atom is -0.268 e. The summed E-state index contributed by atoms with van der Waals surface area (Å²) in [7, 11) is 0. The first kappa shape index (κ1) is 24.7. The van der Waals surface area contributed by atoms with Crippen molar-refractivity contribution in [2.24, 2.45) is 0 Å². The van der Waals surface area contributed by atoms with Gasteiger partial charge in [-0.25, -0.2) is 29.3 Å². The second kappa shape index (κ2) is 10.1. The van der Waals surface area contributed by atoms with Crippen LogP contribution < -0.4 is 5.56 Å². The van der Waals surface area contributed by atoms with Crippen LogP contribution >= 0.6 is 0 Å². The van der Waals surface area contributed by atoms with Gasteiger partial charge in [0.05, 0.1) is 16.4 Å². The van der Waals surface area contributed by atoms with Crippen molar-refractivity contribution in [3.05, 3.63) is 144 Å². The van der Waals surface area contributed by atoms with Gasteiger partial charge < -0.3 is 0 Å². The molecule has 0 radical (unpaired) electrons. The van der Waals surface area contributed by atoms with Crippen LogP contribution in [-0.2, 0) is 0 Å². The van der Waals surface area contributed by atoms with Gasteiger partial charge in [0.2, 0.25) is 0 Å². The molecule has 3 heterocycles. The number of benzene rings is 5. The summed E-state index contributed by atoms with van der Waals surface area (Å²) in [4.78, 5) is 38.4. The van der Waals surface area contributed by atoms with Crippen LogP contribution in [0.3, 0.4) is 0 Å². The lowest BCUT2D eigenvalue weighted by Gasteiger charge is -2.13. The van der Waals surface area contributed by atoms with E-state index in [4.69, 9.17) is 24.9 Å². The second-order valence-electron chi connectivity index (χ2n) is 10.2. The smallest absolute Gasteiger partial charge is 0.267 e. The van der Waals surface area contributed by atoms with E-state index in [0.717, 1.165) is 33.2 Å². The summed E-state index contributed by atoms with van der Waals surface area (Å²) in [5.41, 5.74) is 5.11. The third-order valence-electron chi connectivity index (χ3n) is 7.44. The van der Waals surface area contributed by atoms with E-state index >= 15 is 0 Å². The Labute approximate surface area is 245 Å². The van der Waals surface area contributed by atoms with Gasteiger partial charge in [-0.15, -0.1) is 0 Å². The number of hydrogen-bond acceptors (Lipinski definition) is 6. The molecule has 0 atom stereocenters. The summed E-state index contributed by atoms with van der Waals surface area (Å²) in [6, 6.07) is 42.7. The maximum absolute atomic E-state index is 13.9. The Morgan fingerprint density at radius 2 is 0.907 bits per heavy atom. The van der Waals surface area contributed by atoms with Gasteiger partial charge in [0, 0.05) is 27.6 Å². The fourth-order valence-corrected chi connectivity index (χ4v) is 5.36. The molecule has 202 valence electrons. The van der Waals surface area contributed by atoms with Gasteiger partial charge in [0.1, 0.15) is 5.82 Å². The fourth-order valence-electron chi connectivity index (χ4n) is 5.36. The lowest BCUT2D eigenvalue weighted by molar-refractivity contribution is 1.05. The third-order valence-corrected chi connectivity index (χ3v) is 7.44. The van der Waals surface area contributed by atoms with Crippen LogP contribution in [0.15, 0.2) is 138 Å². The maximum Gasteiger partial charge on any atom is 0.267 e. The van der Waals surface area contributed by atoms with Gasteiger partial charge in [-0.3, -0.25) is 4.79 Å². The van der Waals surface area contributed by atoms with E-state index in [2.05, 4.69) is 0 Å². The molecule has 0 saturated heterocycles. The molecule has 7 nitrogen and oxygen atoms in total. The molecule has 0 aliphatic rings. The molecular formula is C36H22N6O. The van der Waals surface area contributed by atoms with Crippen LogP contribution in [0.1, 0.15) is 0 Å². The van der Waals surface area contributed by atoms with E-state index in [1.807, 2.05) is 127 Å². The van der Waals surface area contributed by atoms with Crippen molar-refractivity contribution in [2.75, 3.05) is 0 Å². The van der Waals surface area contributed by atoms with E-state index in [1.54, 1.807) is 10.5 Å². The quantitative estimate of drug-likeness (QED) is 0.168. The largest absolute Gasteiger partial charge is 0.268 e. The number of hydrogen-bond donors (Lipinski definition) is 0. The highest BCUT2D eigenvalue weighted by atomic mass is 16.1. The third kappa shape index (κ3) is 4.31. The molecule has 0 spiro atoms. The molecule has 0 fully saturated rings. The molecule has 0 aliphatic heterocycles. The van der Waals surface area contributed by atoms with Gasteiger partial charge in [-0.05, 0) is 30.3 Å². The molecule has 0 N–H and O–H groups in total. The summed E-state index contributed by atoms with van der Waals surface area (Å²) in [6.45, 7) is 0. The SMILES string of the molecule is O=c1c2ccccc2nc2c3ccccc3nc(-c3cccc(-c4nc(-c5ccccc5)nc(-c5ccccc5)n4)c3)n12. The van der Waals surface area contributed by atoms with Gasteiger partial charge in [-0.2, -0.15) is 0 Å². The molecule has 0 unspecified atom stereocenters. The normalized spacial score (nSPS) is 11.3. The zero-order valence-electron chi connectivity index (χ0n) is 22.8. The zero-order chi connectivity index (χ0) is 28.8. The number of aromatic nitrogens is 6.